The SMILES string of the molecule is CC1=CC=C(C(CCCN(C)C)c2ccc(Cl)cc2)C=CC1. The third-order valence-corrected chi connectivity index (χ3v) is 4.34. The molecule has 0 spiro atoms. The minimum atomic E-state index is 0.440. The van der Waals surface area contributed by atoms with E-state index in [9.17, 15) is 0 Å². The maximum atomic E-state index is 6.05. The first-order valence-electron chi connectivity index (χ1n) is 8.00. The van der Waals surface area contributed by atoms with Crippen LogP contribution in [0.1, 0.15) is 37.7 Å². The molecule has 1 aliphatic rings. The van der Waals surface area contributed by atoms with E-state index in [0.717, 1.165) is 24.4 Å². The average molecular weight is 316 g/mol. The number of nitrogens with zero attached hydrogens (tertiary/aromatic N) is 1. The Hall–Kier alpha value is -1.31. The van der Waals surface area contributed by atoms with Crippen molar-refractivity contribution < 1.29 is 0 Å². The fraction of sp³-hybridized carbons (Fsp3) is 0.400. The van der Waals surface area contributed by atoms with E-state index in [1.165, 1.54) is 23.1 Å². The second-order valence-corrected chi connectivity index (χ2v) is 6.77. The number of benzene rings is 1. The lowest BCUT2D eigenvalue weighted by molar-refractivity contribution is 0.389. The summed E-state index contributed by atoms with van der Waals surface area (Å²) < 4.78 is 0. The Balaban J connectivity index is 2.22. The molecule has 0 aliphatic heterocycles. The van der Waals surface area contributed by atoms with Crippen LogP contribution in [-0.4, -0.2) is 25.5 Å². The van der Waals surface area contributed by atoms with Crippen molar-refractivity contribution in [2.75, 3.05) is 20.6 Å². The van der Waals surface area contributed by atoms with E-state index in [4.69, 9.17) is 11.6 Å². The number of hydrogen-bond acceptors (Lipinski definition) is 1. The molecule has 1 atom stereocenters. The van der Waals surface area contributed by atoms with Crippen LogP contribution in [0.4, 0.5) is 0 Å². The van der Waals surface area contributed by atoms with Gasteiger partial charge in [-0.1, -0.05) is 53.6 Å². The molecule has 2 heteroatoms. The fourth-order valence-electron chi connectivity index (χ4n) is 2.81. The van der Waals surface area contributed by atoms with Crippen LogP contribution in [0.15, 0.2) is 59.7 Å². The third-order valence-electron chi connectivity index (χ3n) is 4.08. The van der Waals surface area contributed by atoms with Gasteiger partial charge in [0.25, 0.3) is 0 Å². The lowest BCUT2D eigenvalue weighted by atomic mass is 9.86. The van der Waals surface area contributed by atoms with Gasteiger partial charge >= 0.3 is 0 Å². The maximum absolute atomic E-state index is 6.05. The van der Waals surface area contributed by atoms with Crippen LogP contribution in [0.5, 0.6) is 0 Å². The van der Waals surface area contributed by atoms with Gasteiger partial charge in [0.15, 0.2) is 0 Å². The van der Waals surface area contributed by atoms with Gasteiger partial charge < -0.3 is 4.90 Å². The standard InChI is InChI=1S/C20H26ClN/c1-16-6-4-7-17(10-9-16)20(8-5-15-22(2)3)18-11-13-19(21)14-12-18/h4,7,9-14,20H,5-6,8,15H2,1-3H3. The molecule has 0 saturated heterocycles. The highest BCUT2D eigenvalue weighted by Gasteiger charge is 2.15. The Morgan fingerprint density at radius 2 is 1.86 bits per heavy atom. The van der Waals surface area contributed by atoms with E-state index >= 15 is 0 Å². The van der Waals surface area contributed by atoms with Gasteiger partial charge in [0.1, 0.15) is 0 Å². The predicted octanol–water partition coefficient (Wildman–Crippen LogP) is 5.60. The molecule has 1 aromatic carbocycles. The van der Waals surface area contributed by atoms with E-state index in [1.54, 1.807) is 0 Å². The molecule has 2 rings (SSSR count). The fourth-order valence-corrected chi connectivity index (χ4v) is 2.93. The average Bonchev–Trinajstić information content (AvgIpc) is 2.69. The van der Waals surface area contributed by atoms with Gasteiger partial charge in [-0.2, -0.15) is 0 Å². The Morgan fingerprint density at radius 1 is 1.14 bits per heavy atom. The van der Waals surface area contributed by atoms with Crippen molar-refractivity contribution in [3.8, 4) is 0 Å². The summed E-state index contributed by atoms with van der Waals surface area (Å²) in [7, 11) is 4.27. The first-order chi connectivity index (χ1) is 10.6. The highest BCUT2D eigenvalue weighted by Crippen LogP contribution is 2.32. The summed E-state index contributed by atoms with van der Waals surface area (Å²) in [5.74, 6) is 0.440. The monoisotopic (exact) mass is 315 g/mol. The number of hydrogen-bond donors (Lipinski definition) is 0. The van der Waals surface area contributed by atoms with Crippen LogP contribution in [0, 0.1) is 0 Å². The minimum absolute atomic E-state index is 0.440. The predicted molar refractivity (Wildman–Crippen MR) is 97.6 cm³/mol. The lowest BCUT2D eigenvalue weighted by Crippen LogP contribution is -2.14. The van der Waals surface area contributed by atoms with Crippen molar-refractivity contribution in [2.24, 2.45) is 0 Å². The molecule has 0 heterocycles. The molecule has 1 aliphatic carbocycles. The van der Waals surface area contributed by atoms with E-state index in [1.807, 2.05) is 12.1 Å². The molecule has 1 nitrogen and oxygen atoms in total. The molecular weight excluding hydrogens is 290 g/mol. The first kappa shape index (κ1) is 17.1. The molecule has 0 bridgehead atoms. The van der Waals surface area contributed by atoms with Crippen molar-refractivity contribution in [3.05, 3.63) is 70.3 Å². The largest absolute Gasteiger partial charge is 0.309 e. The molecule has 1 unspecified atom stereocenters. The number of allylic oxidation sites excluding steroid dienone is 6. The zero-order chi connectivity index (χ0) is 15.9. The highest BCUT2D eigenvalue weighted by atomic mass is 35.5. The highest BCUT2D eigenvalue weighted by molar-refractivity contribution is 6.30. The Bertz CT molecular complexity index is 564. The second kappa shape index (κ2) is 8.36. The van der Waals surface area contributed by atoms with Crippen LogP contribution in [0.2, 0.25) is 5.02 Å². The van der Waals surface area contributed by atoms with Gasteiger partial charge in [0.2, 0.25) is 0 Å². The molecular formula is C20H26ClN. The molecule has 0 aromatic heterocycles. The van der Waals surface area contributed by atoms with Crippen LogP contribution >= 0.6 is 11.6 Å². The van der Waals surface area contributed by atoms with Gasteiger partial charge in [-0.15, -0.1) is 0 Å². The van der Waals surface area contributed by atoms with E-state index in [-0.39, 0.29) is 0 Å². The smallest absolute Gasteiger partial charge is 0.0406 e. The molecule has 0 fully saturated rings. The summed E-state index contributed by atoms with van der Waals surface area (Å²) in [5.41, 5.74) is 4.17. The summed E-state index contributed by atoms with van der Waals surface area (Å²) >= 11 is 6.05. The van der Waals surface area contributed by atoms with Gasteiger partial charge in [-0.3, -0.25) is 0 Å². The van der Waals surface area contributed by atoms with Crippen molar-refractivity contribution in [3.63, 3.8) is 0 Å². The maximum Gasteiger partial charge on any atom is 0.0406 e. The van der Waals surface area contributed by atoms with Crippen LogP contribution in [-0.2, 0) is 0 Å². The summed E-state index contributed by atoms with van der Waals surface area (Å²) in [6.45, 7) is 3.31. The van der Waals surface area contributed by atoms with Gasteiger partial charge in [-0.05, 0) is 70.1 Å². The molecule has 118 valence electrons. The summed E-state index contributed by atoms with van der Waals surface area (Å²) in [6, 6.07) is 8.33. The summed E-state index contributed by atoms with van der Waals surface area (Å²) in [5, 5.41) is 0.803. The molecule has 22 heavy (non-hydrogen) atoms. The van der Waals surface area contributed by atoms with Crippen molar-refractivity contribution >= 4 is 11.6 Å². The van der Waals surface area contributed by atoms with Gasteiger partial charge in [0, 0.05) is 10.9 Å². The Kier molecular flexibility index (Phi) is 6.48. The molecule has 0 saturated carbocycles. The van der Waals surface area contributed by atoms with Crippen LogP contribution in [0.3, 0.4) is 0 Å². The molecule has 0 amide bonds. The normalized spacial score (nSPS) is 16.2. The van der Waals surface area contributed by atoms with Gasteiger partial charge in [0.05, 0.1) is 0 Å². The molecule has 1 aromatic rings. The zero-order valence-electron chi connectivity index (χ0n) is 13.8. The topological polar surface area (TPSA) is 3.24 Å². The molecule has 0 radical (unpaired) electrons. The Labute approximate surface area is 140 Å². The zero-order valence-corrected chi connectivity index (χ0v) is 14.6. The van der Waals surface area contributed by atoms with Gasteiger partial charge in [-0.25, -0.2) is 0 Å². The summed E-state index contributed by atoms with van der Waals surface area (Å²) in [4.78, 5) is 2.25. The number of rotatable bonds is 6. The minimum Gasteiger partial charge on any atom is -0.309 e. The van der Waals surface area contributed by atoms with E-state index < -0.39 is 0 Å². The number of halogens is 1. The van der Waals surface area contributed by atoms with Crippen molar-refractivity contribution in [2.45, 2.75) is 32.1 Å². The third kappa shape index (κ3) is 5.15. The Morgan fingerprint density at radius 3 is 2.55 bits per heavy atom. The van der Waals surface area contributed by atoms with E-state index in [2.05, 4.69) is 62.4 Å². The van der Waals surface area contributed by atoms with Crippen molar-refractivity contribution in [1.82, 2.24) is 4.90 Å². The second-order valence-electron chi connectivity index (χ2n) is 6.34. The van der Waals surface area contributed by atoms with Crippen LogP contribution < -0.4 is 0 Å². The van der Waals surface area contributed by atoms with Crippen LogP contribution in [0.25, 0.3) is 0 Å². The summed E-state index contributed by atoms with van der Waals surface area (Å²) in [6.07, 6.45) is 12.5. The first-order valence-corrected chi connectivity index (χ1v) is 8.38. The quantitative estimate of drug-likeness (QED) is 0.660. The van der Waals surface area contributed by atoms with Crippen molar-refractivity contribution in [1.29, 1.82) is 0 Å². The lowest BCUT2D eigenvalue weighted by Gasteiger charge is -2.20. The molecule has 0 N–H and O–H groups in total. The van der Waals surface area contributed by atoms with E-state index in [0.29, 0.717) is 5.92 Å².